The van der Waals surface area contributed by atoms with Gasteiger partial charge in [0.25, 0.3) is 0 Å². The number of carbonyl (C=O) groups is 1. The molecule has 5 heteroatoms. The van der Waals surface area contributed by atoms with Crippen molar-refractivity contribution >= 4 is 29.1 Å². The highest BCUT2D eigenvalue weighted by Crippen LogP contribution is 2.29. The van der Waals surface area contributed by atoms with Gasteiger partial charge in [0.1, 0.15) is 0 Å². The van der Waals surface area contributed by atoms with Crippen LogP contribution < -0.4 is 0 Å². The second kappa shape index (κ2) is 7.42. The number of benzene rings is 1. The van der Waals surface area contributed by atoms with Crippen molar-refractivity contribution in [2.24, 2.45) is 0 Å². The van der Waals surface area contributed by atoms with Crippen molar-refractivity contribution in [2.45, 2.75) is 50.6 Å². The van der Waals surface area contributed by atoms with Crippen LogP contribution in [0.25, 0.3) is 0 Å². The summed E-state index contributed by atoms with van der Waals surface area (Å²) in [6.07, 6.45) is 6.32. The summed E-state index contributed by atoms with van der Waals surface area (Å²) in [7, 11) is 2.19. The minimum atomic E-state index is 0.216. The number of halogens is 2. The van der Waals surface area contributed by atoms with Crippen LogP contribution in [-0.4, -0.2) is 47.9 Å². The van der Waals surface area contributed by atoms with Crippen LogP contribution in [0.5, 0.6) is 0 Å². The fourth-order valence-electron chi connectivity index (χ4n) is 4.01. The zero-order valence-electron chi connectivity index (χ0n) is 13.6. The van der Waals surface area contributed by atoms with E-state index in [2.05, 4.69) is 16.8 Å². The molecule has 0 aliphatic carbocycles. The zero-order valence-corrected chi connectivity index (χ0v) is 15.1. The number of hydrogen-bond donors (Lipinski definition) is 0. The van der Waals surface area contributed by atoms with Crippen molar-refractivity contribution in [1.29, 1.82) is 0 Å². The number of hydrogen-bond acceptors (Lipinski definition) is 2. The molecule has 2 saturated heterocycles. The lowest BCUT2D eigenvalue weighted by molar-refractivity contribution is -0.135. The van der Waals surface area contributed by atoms with Crippen LogP contribution in [0.15, 0.2) is 18.2 Å². The summed E-state index contributed by atoms with van der Waals surface area (Å²) in [6, 6.07) is 6.36. The van der Waals surface area contributed by atoms with E-state index in [1.54, 1.807) is 6.07 Å². The minimum Gasteiger partial charge on any atom is -0.338 e. The number of piperidine rings is 1. The van der Waals surface area contributed by atoms with Crippen LogP contribution in [0.3, 0.4) is 0 Å². The van der Waals surface area contributed by atoms with Crippen LogP contribution in [0, 0.1) is 0 Å². The molecule has 2 atom stereocenters. The van der Waals surface area contributed by atoms with Gasteiger partial charge in [0.15, 0.2) is 0 Å². The molecule has 1 unspecified atom stereocenters. The molecule has 3 rings (SSSR count). The molecular formula is C18H24Cl2N2O. The number of amides is 1. The standard InChI is InChI=1S/C18H24Cl2N2O/c1-21-9-4-6-16(21)17-5-2-3-10-22(17)18(23)12-13-7-8-14(19)15(20)11-13/h7-8,11,16-17H,2-6,9-10,12H2,1H3/t16?,17-/m0/s1. The second-order valence-electron chi connectivity index (χ2n) is 6.77. The third kappa shape index (κ3) is 3.84. The third-order valence-electron chi connectivity index (χ3n) is 5.23. The molecule has 23 heavy (non-hydrogen) atoms. The number of carbonyl (C=O) groups excluding carboxylic acids is 1. The lowest BCUT2D eigenvalue weighted by Crippen LogP contribution is -2.53. The van der Waals surface area contributed by atoms with Crippen LogP contribution in [0.1, 0.15) is 37.7 Å². The van der Waals surface area contributed by atoms with Crippen molar-refractivity contribution in [3.8, 4) is 0 Å². The topological polar surface area (TPSA) is 23.6 Å². The Labute approximate surface area is 148 Å². The first-order valence-corrected chi connectivity index (χ1v) is 9.25. The molecule has 0 spiro atoms. The van der Waals surface area contributed by atoms with E-state index in [4.69, 9.17) is 23.2 Å². The molecule has 3 nitrogen and oxygen atoms in total. The number of likely N-dealkylation sites (tertiary alicyclic amines) is 2. The summed E-state index contributed by atoms with van der Waals surface area (Å²) < 4.78 is 0. The van der Waals surface area contributed by atoms with Gasteiger partial charge >= 0.3 is 0 Å². The zero-order chi connectivity index (χ0) is 16.4. The van der Waals surface area contributed by atoms with Gasteiger partial charge in [-0.2, -0.15) is 0 Å². The predicted octanol–water partition coefficient (Wildman–Crippen LogP) is 4.01. The fraction of sp³-hybridized carbons (Fsp3) is 0.611. The Hall–Kier alpha value is -0.770. The molecule has 2 fully saturated rings. The monoisotopic (exact) mass is 354 g/mol. The first kappa shape index (κ1) is 17.1. The van der Waals surface area contributed by atoms with Crippen LogP contribution in [0.4, 0.5) is 0 Å². The summed E-state index contributed by atoms with van der Waals surface area (Å²) >= 11 is 12.0. The van der Waals surface area contributed by atoms with Gasteiger partial charge in [-0.3, -0.25) is 4.79 Å². The maximum Gasteiger partial charge on any atom is 0.227 e. The van der Waals surface area contributed by atoms with E-state index in [1.165, 1.54) is 19.3 Å². The lowest BCUT2D eigenvalue weighted by Gasteiger charge is -2.41. The highest BCUT2D eigenvalue weighted by Gasteiger charge is 2.36. The van der Waals surface area contributed by atoms with Gasteiger partial charge in [0.05, 0.1) is 16.5 Å². The van der Waals surface area contributed by atoms with Crippen molar-refractivity contribution < 1.29 is 4.79 Å². The smallest absolute Gasteiger partial charge is 0.227 e. The highest BCUT2D eigenvalue weighted by molar-refractivity contribution is 6.42. The summed E-state index contributed by atoms with van der Waals surface area (Å²) in [4.78, 5) is 17.4. The van der Waals surface area contributed by atoms with E-state index >= 15 is 0 Å². The normalized spacial score (nSPS) is 25.8. The maximum atomic E-state index is 12.9. The molecule has 0 aromatic heterocycles. The van der Waals surface area contributed by atoms with Crippen LogP contribution in [-0.2, 0) is 11.2 Å². The Bertz CT molecular complexity index is 578. The lowest BCUT2D eigenvalue weighted by atomic mass is 9.93. The molecule has 1 aromatic rings. The largest absolute Gasteiger partial charge is 0.338 e. The summed E-state index contributed by atoms with van der Waals surface area (Å²) in [6.45, 7) is 2.03. The molecule has 1 amide bonds. The van der Waals surface area contributed by atoms with E-state index in [9.17, 15) is 4.79 Å². The molecule has 0 bridgehead atoms. The average molecular weight is 355 g/mol. The summed E-state index contributed by atoms with van der Waals surface area (Å²) in [5.41, 5.74) is 0.938. The van der Waals surface area contributed by atoms with Crippen molar-refractivity contribution in [3.63, 3.8) is 0 Å². The number of likely N-dealkylation sites (N-methyl/N-ethyl adjacent to an activating group) is 1. The van der Waals surface area contributed by atoms with Gasteiger partial charge in [-0.15, -0.1) is 0 Å². The first-order valence-electron chi connectivity index (χ1n) is 8.50. The van der Waals surface area contributed by atoms with Gasteiger partial charge < -0.3 is 9.80 Å². The SMILES string of the molecule is CN1CCCC1[C@@H]1CCCCN1C(=O)Cc1ccc(Cl)c(Cl)c1. The third-order valence-corrected chi connectivity index (χ3v) is 5.97. The molecular weight excluding hydrogens is 331 g/mol. The predicted molar refractivity (Wildman–Crippen MR) is 95.2 cm³/mol. The molecule has 0 saturated carbocycles. The van der Waals surface area contributed by atoms with Crippen molar-refractivity contribution in [1.82, 2.24) is 9.80 Å². The van der Waals surface area contributed by atoms with Gasteiger partial charge in [-0.05, 0) is 63.4 Å². The number of nitrogens with zero attached hydrogens (tertiary/aromatic N) is 2. The molecule has 2 heterocycles. The Morgan fingerprint density at radius 3 is 2.57 bits per heavy atom. The number of rotatable bonds is 3. The van der Waals surface area contributed by atoms with Gasteiger partial charge in [-0.25, -0.2) is 0 Å². The quantitative estimate of drug-likeness (QED) is 0.818. The van der Waals surface area contributed by atoms with Crippen LogP contribution >= 0.6 is 23.2 Å². The van der Waals surface area contributed by atoms with Crippen LogP contribution in [0.2, 0.25) is 10.0 Å². The maximum absolute atomic E-state index is 12.9. The highest BCUT2D eigenvalue weighted by atomic mass is 35.5. The molecule has 0 radical (unpaired) electrons. The second-order valence-corrected chi connectivity index (χ2v) is 7.58. The molecule has 0 N–H and O–H groups in total. The molecule has 1 aromatic carbocycles. The van der Waals surface area contributed by atoms with Crippen molar-refractivity contribution in [3.05, 3.63) is 33.8 Å². The van der Waals surface area contributed by atoms with Crippen molar-refractivity contribution in [2.75, 3.05) is 20.1 Å². The first-order chi connectivity index (χ1) is 11.1. The average Bonchev–Trinajstić information content (AvgIpc) is 2.97. The fourth-order valence-corrected chi connectivity index (χ4v) is 4.34. The molecule has 2 aliphatic heterocycles. The van der Waals surface area contributed by atoms with E-state index in [0.717, 1.165) is 31.5 Å². The van der Waals surface area contributed by atoms with E-state index in [0.29, 0.717) is 28.5 Å². The Kier molecular flexibility index (Phi) is 5.50. The molecule has 126 valence electrons. The summed E-state index contributed by atoms with van der Waals surface area (Å²) in [5, 5.41) is 1.05. The molecule has 2 aliphatic rings. The Morgan fingerprint density at radius 2 is 1.87 bits per heavy atom. The van der Waals surface area contributed by atoms with E-state index < -0.39 is 0 Å². The van der Waals surface area contributed by atoms with E-state index in [-0.39, 0.29) is 5.91 Å². The van der Waals surface area contributed by atoms with Gasteiger partial charge in [0, 0.05) is 18.6 Å². The van der Waals surface area contributed by atoms with E-state index in [1.807, 2.05) is 12.1 Å². The Balaban J connectivity index is 1.72. The minimum absolute atomic E-state index is 0.216. The Morgan fingerprint density at radius 1 is 1.09 bits per heavy atom. The van der Waals surface area contributed by atoms with Gasteiger partial charge in [0.2, 0.25) is 5.91 Å². The van der Waals surface area contributed by atoms with Gasteiger partial charge in [-0.1, -0.05) is 29.3 Å². The summed E-state index contributed by atoms with van der Waals surface area (Å²) in [5.74, 6) is 0.216.